The molecule has 0 atom stereocenters. The van der Waals surface area contributed by atoms with Crippen molar-refractivity contribution >= 4 is 59.3 Å². The molecule has 0 saturated heterocycles. The number of rotatable bonds is 2. The maximum atomic E-state index is 3.08. The average molecular weight is 383 g/mol. The molecule has 60 valence electrons. The SMILES string of the molecule is CNCc1ccsc1.I.I. The smallest absolute Gasteiger partial charge is 0.0210 e. The van der Waals surface area contributed by atoms with Crippen LogP contribution in [-0.2, 0) is 6.54 Å². The summed E-state index contributed by atoms with van der Waals surface area (Å²) in [5.74, 6) is 0. The van der Waals surface area contributed by atoms with Gasteiger partial charge in [0.25, 0.3) is 0 Å². The van der Waals surface area contributed by atoms with Gasteiger partial charge in [0, 0.05) is 6.54 Å². The van der Waals surface area contributed by atoms with Crippen LogP contribution in [0.1, 0.15) is 5.56 Å². The highest BCUT2D eigenvalue weighted by molar-refractivity contribution is 14.0. The molecule has 0 fully saturated rings. The van der Waals surface area contributed by atoms with Crippen LogP contribution in [0.5, 0.6) is 0 Å². The van der Waals surface area contributed by atoms with Crippen LogP contribution in [-0.4, -0.2) is 7.05 Å². The molecule has 0 radical (unpaired) electrons. The number of hydrogen-bond donors (Lipinski definition) is 1. The van der Waals surface area contributed by atoms with E-state index in [-0.39, 0.29) is 48.0 Å². The molecule has 1 heterocycles. The van der Waals surface area contributed by atoms with E-state index in [1.54, 1.807) is 11.3 Å². The second kappa shape index (κ2) is 8.22. The van der Waals surface area contributed by atoms with Crippen molar-refractivity contribution in [2.24, 2.45) is 0 Å². The van der Waals surface area contributed by atoms with E-state index in [9.17, 15) is 0 Å². The summed E-state index contributed by atoms with van der Waals surface area (Å²) in [5, 5.41) is 7.32. The Labute approximate surface area is 99.6 Å². The second-order valence-corrected chi connectivity index (χ2v) is 2.44. The Morgan fingerprint density at radius 3 is 2.60 bits per heavy atom. The first kappa shape index (κ1) is 13.7. The minimum Gasteiger partial charge on any atom is -0.316 e. The summed E-state index contributed by atoms with van der Waals surface area (Å²) in [6.07, 6.45) is 0. The average Bonchev–Trinajstić information content (AvgIpc) is 2.19. The first-order chi connectivity index (χ1) is 3.93. The molecule has 1 rings (SSSR count). The Morgan fingerprint density at radius 2 is 2.20 bits per heavy atom. The molecule has 0 spiro atoms. The summed E-state index contributed by atoms with van der Waals surface area (Å²) >= 11 is 1.74. The predicted octanol–water partition coefficient (Wildman–Crippen LogP) is 2.70. The summed E-state index contributed by atoms with van der Waals surface area (Å²) in [5.41, 5.74) is 1.37. The van der Waals surface area contributed by atoms with Crippen molar-refractivity contribution in [3.05, 3.63) is 22.4 Å². The lowest BCUT2D eigenvalue weighted by atomic mass is 10.3. The van der Waals surface area contributed by atoms with Crippen LogP contribution < -0.4 is 5.32 Å². The van der Waals surface area contributed by atoms with Gasteiger partial charge < -0.3 is 5.32 Å². The van der Waals surface area contributed by atoms with Gasteiger partial charge in [0.2, 0.25) is 0 Å². The van der Waals surface area contributed by atoms with Crippen LogP contribution in [0.4, 0.5) is 0 Å². The lowest BCUT2D eigenvalue weighted by Gasteiger charge is -1.89. The standard InChI is InChI=1S/C6H9NS.2HI/c1-7-4-6-2-3-8-5-6;;/h2-3,5,7H,4H2,1H3;2*1H. The summed E-state index contributed by atoms with van der Waals surface area (Å²) in [6, 6.07) is 2.13. The minimum absolute atomic E-state index is 0. The largest absolute Gasteiger partial charge is 0.316 e. The van der Waals surface area contributed by atoms with Crippen molar-refractivity contribution < 1.29 is 0 Å². The fourth-order valence-electron chi connectivity index (χ4n) is 0.597. The molecule has 1 aromatic heterocycles. The Morgan fingerprint density at radius 1 is 1.50 bits per heavy atom. The van der Waals surface area contributed by atoms with Crippen molar-refractivity contribution in [1.29, 1.82) is 0 Å². The molecule has 0 aromatic carbocycles. The molecule has 1 aromatic rings. The lowest BCUT2D eigenvalue weighted by Crippen LogP contribution is -2.03. The molecule has 0 aliphatic carbocycles. The van der Waals surface area contributed by atoms with E-state index in [0.29, 0.717) is 0 Å². The van der Waals surface area contributed by atoms with Gasteiger partial charge in [0.1, 0.15) is 0 Å². The highest BCUT2D eigenvalue weighted by Gasteiger charge is 1.85. The molecule has 4 heteroatoms. The van der Waals surface area contributed by atoms with Crippen LogP contribution in [0, 0.1) is 0 Å². The summed E-state index contributed by atoms with van der Waals surface area (Å²) in [7, 11) is 1.96. The molecular formula is C6H11I2NS. The number of thiophene rings is 1. The van der Waals surface area contributed by atoms with Crippen LogP contribution >= 0.6 is 59.3 Å². The van der Waals surface area contributed by atoms with E-state index in [4.69, 9.17) is 0 Å². The minimum atomic E-state index is 0. The van der Waals surface area contributed by atoms with Gasteiger partial charge in [0.05, 0.1) is 0 Å². The zero-order valence-electron chi connectivity index (χ0n) is 5.66. The van der Waals surface area contributed by atoms with Gasteiger partial charge in [-0.3, -0.25) is 0 Å². The van der Waals surface area contributed by atoms with E-state index in [1.165, 1.54) is 5.56 Å². The lowest BCUT2D eigenvalue weighted by molar-refractivity contribution is 0.821. The third-order valence-corrected chi connectivity index (χ3v) is 1.69. The van der Waals surface area contributed by atoms with Gasteiger partial charge >= 0.3 is 0 Å². The van der Waals surface area contributed by atoms with Gasteiger partial charge in [-0.15, -0.1) is 48.0 Å². The molecule has 0 aliphatic rings. The molecule has 1 N–H and O–H groups in total. The molecule has 0 unspecified atom stereocenters. The molecule has 0 saturated carbocycles. The third-order valence-electron chi connectivity index (χ3n) is 0.961. The fourth-order valence-corrected chi connectivity index (χ4v) is 1.27. The summed E-state index contributed by atoms with van der Waals surface area (Å²) in [6.45, 7) is 0.990. The maximum absolute atomic E-state index is 3.08. The Balaban J connectivity index is 0. The third kappa shape index (κ3) is 4.86. The number of hydrogen-bond acceptors (Lipinski definition) is 2. The van der Waals surface area contributed by atoms with Crippen molar-refractivity contribution in [2.75, 3.05) is 7.05 Å². The zero-order chi connectivity index (χ0) is 5.82. The van der Waals surface area contributed by atoms with Gasteiger partial charge in [-0.05, 0) is 29.4 Å². The monoisotopic (exact) mass is 383 g/mol. The van der Waals surface area contributed by atoms with Crippen LogP contribution in [0.3, 0.4) is 0 Å². The number of halogens is 2. The summed E-state index contributed by atoms with van der Waals surface area (Å²) < 4.78 is 0. The normalized spacial score (nSPS) is 7.70. The molecule has 0 bridgehead atoms. The second-order valence-electron chi connectivity index (χ2n) is 1.66. The highest BCUT2D eigenvalue weighted by Crippen LogP contribution is 2.03. The van der Waals surface area contributed by atoms with E-state index >= 15 is 0 Å². The van der Waals surface area contributed by atoms with Gasteiger partial charge in [-0.25, -0.2) is 0 Å². The summed E-state index contributed by atoms with van der Waals surface area (Å²) in [4.78, 5) is 0. The first-order valence-electron chi connectivity index (χ1n) is 2.59. The molecule has 1 nitrogen and oxygen atoms in total. The van der Waals surface area contributed by atoms with E-state index in [1.807, 2.05) is 7.05 Å². The molecule has 10 heavy (non-hydrogen) atoms. The highest BCUT2D eigenvalue weighted by atomic mass is 127. The molecule has 0 aliphatic heterocycles. The fraction of sp³-hybridized carbons (Fsp3) is 0.333. The van der Waals surface area contributed by atoms with Crippen molar-refractivity contribution in [3.8, 4) is 0 Å². The van der Waals surface area contributed by atoms with Crippen LogP contribution in [0.25, 0.3) is 0 Å². The van der Waals surface area contributed by atoms with Gasteiger partial charge in [0.15, 0.2) is 0 Å². The van der Waals surface area contributed by atoms with E-state index < -0.39 is 0 Å². The Hall–Kier alpha value is 1.12. The van der Waals surface area contributed by atoms with Gasteiger partial charge in [-0.1, -0.05) is 0 Å². The van der Waals surface area contributed by atoms with Gasteiger partial charge in [-0.2, -0.15) is 11.3 Å². The zero-order valence-corrected chi connectivity index (χ0v) is 11.1. The van der Waals surface area contributed by atoms with Crippen molar-refractivity contribution in [2.45, 2.75) is 6.54 Å². The van der Waals surface area contributed by atoms with Crippen LogP contribution in [0.15, 0.2) is 16.8 Å². The number of nitrogens with one attached hydrogen (secondary N) is 1. The van der Waals surface area contributed by atoms with Crippen molar-refractivity contribution in [3.63, 3.8) is 0 Å². The Bertz CT molecular complexity index is 141. The van der Waals surface area contributed by atoms with Crippen LogP contribution in [0.2, 0.25) is 0 Å². The molecule has 0 amide bonds. The first-order valence-corrected chi connectivity index (χ1v) is 3.53. The topological polar surface area (TPSA) is 12.0 Å². The quantitative estimate of drug-likeness (QED) is 0.775. The molecular weight excluding hydrogens is 372 g/mol. The Kier molecular flexibility index (Phi) is 11.3. The predicted molar refractivity (Wildman–Crippen MR) is 67.9 cm³/mol. The van der Waals surface area contributed by atoms with E-state index in [2.05, 4.69) is 22.1 Å². The maximum Gasteiger partial charge on any atom is 0.0210 e. The van der Waals surface area contributed by atoms with E-state index in [0.717, 1.165) is 6.54 Å². The van der Waals surface area contributed by atoms with Crippen molar-refractivity contribution in [1.82, 2.24) is 5.32 Å².